The highest BCUT2D eigenvalue weighted by Gasteiger charge is 2.18. The topological polar surface area (TPSA) is 8.81 Å². The zero-order valence-electron chi connectivity index (χ0n) is 22.8. The molecule has 1 heterocycles. The predicted molar refractivity (Wildman–Crippen MR) is 149 cm³/mol. The molecule has 0 saturated carbocycles. The number of unbranched alkanes of at least 4 members (excludes halogenated alkanes) is 17. The first-order chi connectivity index (χ1) is 16.9. The Morgan fingerprint density at radius 2 is 1.03 bits per heavy atom. The zero-order valence-corrected chi connectivity index (χ0v) is 22.8. The van der Waals surface area contributed by atoms with Gasteiger partial charge in [0, 0.05) is 6.42 Å². The summed E-state index contributed by atoms with van der Waals surface area (Å²) in [6.45, 7) is 5.77. The molecule has 1 aromatic carbocycles. The van der Waals surface area contributed by atoms with Crippen molar-refractivity contribution in [3.8, 4) is 5.69 Å². The Hall–Kier alpha value is -1.57. The molecule has 2 heteroatoms. The van der Waals surface area contributed by atoms with E-state index >= 15 is 0 Å². The van der Waals surface area contributed by atoms with Crippen LogP contribution in [0.4, 0.5) is 0 Å². The fourth-order valence-electron chi connectivity index (χ4n) is 5.11. The van der Waals surface area contributed by atoms with Gasteiger partial charge in [-0.15, -0.1) is 0 Å². The summed E-state index contributed by atoms with van der Waals surface area (Å²) in [7, 11) is 0. The maximum absolute atomic E-state index is 2.54. The van der Waals surface area contributed by atoms with E-state index in [1.165, 1.54) is 146 Å². The molecule has 2 nitrogen and oxygen atoms in total. The third-order valence-corrected chi connectivity index (χ3v) is 7.30. The molecule has 0 spiro atoms. The van der Waals surface area contributed by atoms with E-state index < -0.39 is 0 Å². The lowest BCUT2D eigenvalue weighted by molar-refractivity contribution is -0.704. The van der Waals surface area contributed by atoms with Gasteiger partial charge in [0.2, 0.25) is 0 Å². The van der Waals surface area contributed by atoms with Gasteiger partial charge in [-0.2, -0.15) is 4.57 Å². The van der Waals surface area contributed by atoms with Crippen LogP contribution in [0.5, 0.6) is 0 Å². The molecular formula is C32H55N2+. The highest BCUT2D eigenvalue weighted by molar-refractivity contribution is 5.31. The number of benzene rings is 1. The van der Waals surface area contributed by atoms with Crippen molar-refractivity contribution in [1.82, 2.24) is 4.57 Å². The molecule has 34 heavy (non-hydrogen) atoms. The monoisotopic (exact) mass is 467 g/mol. The Morgan fingerprint density at radius 1 is 0.559 bits per heavy atom. The van der Waals surface area contributed by atoms with Crippen LogP contribution < -0.4 is 4.57 Å². The fourth-order valence-corrected chi connectivity index (χ4v) is 5.11. The molecular weight excluding hydrogens is 412 g/mol. The largest absolute Gasteiger partial charge is 0.261 e. The summed E-state index contributed by atoms with van der Waals surface area (Å²) in [5.74, 6) is 1.49. The summed E-state index contributed by atoms with van der Waals surface area (Å²) in [5.41, 5.74) is 1.30. The summed E-state index contributed by atoms with van der Waals surface area (Å²) >= 11 is 0. The van der Waals surface area contributed by atoms with Crippen molar-refractivity contribution in [1.29, 1.82) is 0 Å². The molecule has 2 rings (SSSR count). The highest BCUT2D eigenvalue weighted by atomic mass is 15.1. The van der Waals surface area contributed by atoms with Crippen molar-refractivity contribution in [3.63, 3.8) is 0 Å². The molecule has 0 atom stereocenters. The van der Waals surface area contributed by atoms with Gasteiger partial charge >= 0.3 is 0 Å². The minimum Gasteiger partial charge on any atom is -0.234 e. The molecule has 0 bridgehead atoms. The molecule has 0 N–H and O–H groups in total. The number of rotatable bonds is 22. The number of hydrogen-bond acceptors (Lipinski definition) is 0. The molecule has 0 amide bonds. The molecule has 0 aliphatic carbocycles. The highest BCUT2D eigenvalue weighted by Crippen LogP contribution is 2.15. The number of aromatic nitrogens is 2. The first-order valence-electron chi connectivity index (χ1n) is 15.0. The number of para-hydroxylation sites is 1. The third-order valence-electron chi connectivity index (χ3n) is 7.30. The number of imidazole rings is 1. The molecule has 0 radical (unpaired) electrons. The van der Waals surface area contributed by atoms with E-state index in [-0.39, 0.29) is 0 Å². The van der Waals surface area contributed by atoms with Gasteiger partial charge in [0.25, 0.3) is 5.82 Å². The van der Waals surface area contributed by atoms with Gasteiger partial charge < -0.3 is 0 Å². The molecule has 2 aromatic rings. The lowest BCUT2D eigenvalue weighted by Crippen LogP contribution is -2.37. The Morgan fingerprint density at radius 3 is 1.56 bits per heavy atom. The minimum atomic E-state index is 1.17. The summed E-state index contributed by atoms with van der Waals surface area (Å²) in [6.07, 6.45) is 32.4. The third kappa shape index (κ3) is 12.2. The van der Waals surface area contributed by atoms with Gasteiger partial charge in [0.15, 0.2) is 0 Å². The van der Waals surface area contributed by atoms with Crippen LogP contribution in [-0.4, -0.2) is 4.57 Å². The van der Waals surface area contributed by atoms with E-state index in [4.69, 9.17) is 0 Å². The molecule has 1 aromatic heterocycles. The van der Waals surface area contributed by atoms with Crippen molar-refractivity contribution < 1.29 is 4.57 Å². The van der Waals surface area contributed by atoms with Crippen LogP contribution in [0.2, 0.25) is 0 Å². The van der Waals surface area contributed by atoms with Crippen LogP contribution in [0, 0.1) is 0 Å². The van der Waals surface area contributed by atoms with Crippen molar-refractivity contribution in [2.24, 2.45) is 0 Å². The van der Waals surface area contributed by atoms with Crippen LogP contribution in [-0.2, 0) is 13.0 Å². The average molecular weight is 468 g/mol. The normalized spacial score (nSPS) is 11.4. The molecule has 0 unspecified atom stereocenters. The van der Waals surface area contributed by atoms with Gasteiger partial charge in [0.05, 0.1) is 6.54 Å². The first-order valence-corrected chi connectivity index (χ1v) is 15.0. The van der Waals surface area contributed by atoms with Gasteiger partial charge in [-0.25, -0.2) is 4.57 Å². The van der Waals surface area contributed by atoms with Gasteiger partial charge in [-0.05, 0) is 31.4 Å². The van der Waals surface area contributed by atoms with Gasteiger partial charge in [-0.1, -0.05) is 135 Å². The van der Waals surface area contributed by atoms with Crippen LogP contribution in [0.3, 0.4) is 0 Å². The Bertz CT molecular complexity index is 703. The van der Waals surface area contributed by atoms with Crippen LogP contribution in [0.15, 0.2) is 42.7 Å². The standard InChI is InChI=1S/C32H55N2/c1-3-5-7-9-11-13-14-15-16-18-23-27-32-33(28-24-19-17-12-10-8-6-4-2)29-30-34(32)31-25-21-20-22-26-31/h20-22,25-26,29-30H,3-19,23-24,27-28H2,1-2H3/q+1. The zero-order chi connectivity index (χ0) is 24.1. The molecule has 192 valence electrons. The van der Waals surface area contributed by atoms with Gasteiger partial charge in [0.1, 0.15) is 18.1 Å². The Labute approximate surface area is 212 Å². The second-order valence-corrected chi connectivity index (χ2v) is 10.4. The minimum absolute atomic E-state index is 1.17. The summed E-state index contributed by atoms with van der Waals surface area (Å²) < 4.78 is 4.97. The van der Waals surface area contributed by atoms with Crippen molar-refractivity contribution in [2.75, 3.05) is 0 Å². The number of aryl methyl sites for hydroxylation is 1. The van der Waals surface area contributed by atoms with Crippen LogP contribution in [0.1, 0.15) is 142 Å². The molecule has 0 aliphatic heterocycles. The second kappa shape index (κ2) is 19.7. The van der Waals surface area contributed by atoms with Crippen molar-refractivity contribution >= 4 is 0 Å². The molecule has 0 saturated heterocycles. The van der Waals surface area contributed by atoms with Crippen LogP contribution >= 0.6 is 0 Å². The predicted octanol–water partition coefficient (Wildman–Crippen LogP) is 9.76. The molecule has 0 fully saturated rings. The second-order valence-electron chi connectivity index (χ2n) is 10.4. The van der Waals surface area contributed by atoms with E-state index in [2.05, 4.69) is 65.7 Å². The average Bonchev–Trinajstić information content (AvgIpc) is 3.27. The van der Waals surface area contributed by atoms with E-state index in [1.54, 1.807) is 0 Å². The van der Waals surface area contributed by atoms with Crippen molar-refractivity contribution in [2.45, 2.75) is 149 Å². The summed E-state index contributed by atoms with van der Waals surface area (Å²) in [6, 6.07) is 10.9. The van der Waals surface area contributed by atoms with Crippen LogP contribution in [0.25, 0.3) is 5.69 Å². The lowest BCUT2D eigenvalue weighted by atomic mass is 10.1. The lowest BCUT2D eigenvalue weighted by Gasteiger charge is -2.06. The smallest absolute Gasteiger partial charge is 0.234 e. The fraction of sp³-hybridized carbons (Fsp3) is 0.719. The van der Waals surface area contributed by atoms with Gasteiger partial charge in [-0.3, -0.25) is 0 Å². The summed E-state index contributed by atoms with van der Waals surface area (Å²) in [5, 5.41) is 0. The van der Waals surface area contributed by atoms with E-state index in [0.717, 1.165) is 0 Å². The Kier molecular flexibility index (Phi) is 16.6. The number of hydrogen-bond donors (Lipinski definition) is 0. The Balaban J connectivity index is 1.72. The maximum Gasteiger partial charge on any atom is 0.261 e. The molecule has 0 aliphatic rings. The van der Waals surface area contributed by atoms with E-state index in [0.29, 0.717) is 0 Å². The van der Waals surface area contributed by atoms with E-state index in [9.17, 15) is 0 Å². The number of nitrogens with zero attached hydrogens (tertiary/aromatic N) is 2. The van der Waals surface area contributed by atoms with E-state index in [1.807, 2.05) is 0 Å². The first kappa shape index (κ1) is 28.7. The quantitative estimate of drug-likeness (QED) is 0.120. The maximum atomic E-state index is 2.54. The summed E-state index contributed by atoms with van der Waals surface area (Å²) in [4.78, 5) is 0. The van der Waals surface area contributed by atoms with Crippen molar-refractivity contribution in [3.05, 3.63) is 48.5 Å². The SMILES string of the molecule is CCCCCCCCCCCCCc1n(-c2ccccc2)cc[n+]1CCCCCCCCCC.